The lowest BCUT2D eigenvalue weighted by atomic mass is 9.74. The first kappa shape index (κ1) is 15.4. The Labute approximate surface area is 121 Å². The van der Waals surface area contributed by atoms with Gasteiger partial charge in [0.15, 0.2) is 0 Å². The van der Waals surface area contributed by atoms with Crippen molar-refractivity contribution in [2.75, 3.05) is 13.7 Å². The van der Waals surface area contributed by atoms with Crippen LogP contribution in [0.5, 0.6) is 0 Å². The van der Waals surface area contributed by atoms with E-state index in [4.69, 9.17) is 15.0 Å². The first-order valence-electron chi connectivity index (χ1n) is 7.76. The molecule has 2 N–H and O–H groups in total. The summed E-state index contributed by atoms with van der Waals surface area (Å²) in [5.74, 6) is 1.37. The number of hydrogen-bond acceptors (Lipinski definition) is 5. The summed E-state index contributed by atoms with van der Waals surface area (Å²) in [6, 6.07) is 0. The predicted octanol–water partition coefficient (Wildman–Crippen LogP) is 2.89. The fourth-order valence-electron chi connectivity index (χ4n) is 3.30. The third kappa shape index (κ3) is 2.49. The molecule has 1 saturated carbocycles. The van der Waals surface area contributed by atoms with Crippen LogP contribution in [0.25, 0.3) is 0 Å². The van der Waals surface area contributed by atoms with Crippen LogP contribution in [0.15, 0.2) is 4.52 Å². The highest BCUT2D eigenvalue weighted by Gasteiger charge is 2.41. The molecule has 1 aliphatic rings. The Morgan fingerprint density at radius 3 is 2.40 bits per heavy atom. The zero-order valence-corrected chi connectivity index (χ0v) is 12.9. The molecular weight excluding hydrogens is 254 g/mol. The molecule has 1 aromatic rings. The van der Waals surface area contributed by atoms with Gasteiger partial charge in [-0.25, -0.2) is 0 Å². The minimum absolute atomic E-state index is 0.121. The third-order valence-electron chi connectivity index (χ3n) is 5.02. The predicted molar refractivity (Wildman–Crippen MR) is 77.4 cm³/mol. The van der Waals surface area contributed by atoms with Crippen molar-refractivity contribution in [3.8, 4) is 0 Å². The topological polar surface area (TPSA) is 74.2 Å². The van der Waals surface area contributed by atoms with Gasteiger partial charge in [0.1, 0.15) is 5.60 Å². The van der Waals surface area contributed by atoms with Gasteiger partial charge in [0.2, 0.25) is 11.7 Å². The summed E-state index contributed by atoms with van der Waals surface area (Å²) >= 11 is 0. The first-order chi connectivity index (χ1) is 9.66. The monoisotopic (exact) mass is 281 g/mol. The molecule has 5 nitrogen and oxygen atoms in total. The Morgan fingerprint density at radius 1 is 1.25 bits per heavy atom. The summed E-state index contributed by atoms with van der Waals surface area (Å²) < 4.78 is 11.3. The number of methoxy groups -OCH3 is 1. The number of nitrogens with zero attached hydrogens (tertiary/aromatic N) is 2. The molecule has 0 aliphatic heterocycles. The van der Waals surface area contributed by atoms with Crippen LogP contribution < -0.4 is 5.73 Å². The van der Waals surface area contributed by atoms with Crippen LogP contribution in [0, 0.1) is 0 Å². The van der Waals surface area contributed by atoms with E-state index >= 15 is 0 Å². The van der Waals surface area contributed by atoms with E-state index in [0.29, 0.717) is 18.3 Å². The van der Waals surface area contributed by atoms with Gasteiger partial charge in [0.05, 0.1) is 5.41 Å². The second kappa shape index (κ2) is 6.22. The smallest absolute Gasteiger partial charge is 0.234 e. The third-order valence-corrected chi connectivity index (χ3v) is 5.02. The SMILES string of the molecule is CCC(CC)(OC)c1noc(C2(CN)CCCCC2)n1. The van der Waals surface area contributed by atoms with E-state index in [2.05, 4.69) is 24.0 Å². The van der Waals surface area contributed by atoms with Crippen LogP contribution >= 0.6 is 0 Å². The van der Waals surface area contributed by atoms with Crippen molar-refractivity contribution < 1.29 is 9.26 Å². The molecule has 1 heterocycles. The number of ether oxygens (including phenoxy) is 1. The molecule has 0 spiro atoms. The molecule has 1 fully saturated rings. The fraction of sp³-hybridized carbons (Fsp3) is 0.867. The van der Waals surface area contributed by atoms with Gasteiger partial charge in [0, 0.05) is 13.7 Å². The molecule has 0 radical (unpaired) electrons. The molecule has 1 aliphatic carbocycles. The van der Waals surface area contributed by atoms with Crippen molar-refractivity contribution in [3.63, 3.8) is 0 Å². The summed E-state index contributed by atoms with van der Waals surface area (Å²) in [7, 11) is 1.71. The molecular formula is C15H27N3O2. The highest BCUT2D eigenvalue weighted by Crippen LogP contribution is 2.39. The van der Waals surface area contributed by atoms with Gasteiger partial charge in [-0.1, -0.05) is 38.3 Å². The zero-order valence-electron chi connectivity index (χ0n) is 12.9. The standard InChI is InChI=1S/C15H27N3O2/c1-4-15(5-2,19-3)12-17-13(20-18-12)14(11-16)9-7-6-8-10-14/h4-11,16H2,1-3H3. The summed E-state index contributed by atoms with van der Waals surface area (Å²) in [6.45, 7) is 4.75. The van der Waals surface area contributed by atoms with Crippen molar-refractivity contribution in [1.29, 1.82) is 0 Å². The molecule has 1 aromatic heterocycles. The minimum Gasteiger partial charge on any atom is -0.370 e. The average Bonchev–Trinajstić information content (AvgIpc) is 3.01. The molecule has 0 atom stereocenters. The van der Waals surface area contributed by atoms with Crippen LogP contribution in [0.4, 0.5) is 0 Å². The maximum atomic E-state index is 6.03. The molecule has 0 aromatic carbocycles. The van der Waals surface area contributed by atoms with Gasteiger partial charge in [-0.2, -0.15) is 4.98 Å². The van der Waals surface area contributed by atoms with Gasteiger partial charge < -0.3 is 15.0 Å². The largest absolute Gasteiger partial charge is 0.370 e. The maximum Gasteiger partial charge on any atom is 0.234 e. The second-order valence-electron chi connectivity index (χ2n) is 5.87. The van der Waals surface area contributed by atoms with Gasteiger partial charge in [-0.15, -0.1) is 0 Å². The lowest BCUT2D eigenvalue weighted by molar-refractivity contribution is -0.0306. The molecule has 0 amide bonds. The molecule has 0 saturated heterocycles. The molecule has 20 heavy (non-hydrogen) atoms. The Balaban J connectivity index is 2.31. The molecule has 2 rings (SSSR count). The van der Waals surface area contributed by atoms with Crippen LogP contribution in [0.3, 0.4) is 0 Å². The zero-order chi connectivity index (χ0) is 14.6. The van der Waals surface area contributed by atoms with Crippen molar-refractivity contribution >= 4 is 0 Å². The van der Waals surface area contributed by atoms with Crippen molar-refractivity contribution in [3.05, 3.63) is 11.7 Å². The summed E-state index contributed by atoms with van der Waals surface area (Å²) in [5.41, 5.74) is 5.47. The highest BCUT2D eigenvalue weighted by atomic mass is 16.5. The van der Waals surface area contributed by atoms with Crippen molar-refractivity contribution in [2.45, 2.75) is 69.8 Å². The van der Waals surface area contributed by atoms with Crippen LogP contribution in [-0.2, 0) is 15.8 Å². The fourth-order valence-corrected chi connectivity index (χ4v) is 3.30. The van der Waals surface area contributed by atoms with E-state index in [0.717, 1.165) is 25.7 Å². The van der Waals surface area contributed by atoms with E-state index < -0.39 is 5.60 Å². The Morgan fingerprint density at radius 2 is 1.90 bits per heavy atom. The first-order valence-corrected chi connectivity index (χ1v) is 7.76. The van der Waals surface area contributed by atoms with Crippen molar-refractivity contribution in [1.82, 2.24) is 10.1 Å². The van der Waals surface area contributed by atoms with Crippen LogP contribution in [0.2, 0.25) is 0 Å². The van der Waals surface area contributed by atoms with E-state index in [1.165, 1.54) is 19.3 Å². The number of aromatic nitrogens is 2. The van der Waals surface area contributed by atoms with E-state index in [1.54, 1.807) is 7.11 Å². The molecule has 0 bridgehead atoms. The number of rotatable bonds is 6. The quantitative estimate of drug-likeness (QED) is 0.867. The second-order valence-corrected chi connectivity index (χ2v) is 5.87. The van der Waals surface area contributed by atoms with E-state index in [1.807, 2.05) is 0 Å². The molecule has 0 unspecified atom stereocenters. The summed E-state index contributed by atoms with van der Waals surface area (Å²) in [5, 5.41) is 4.20. The van der Waals surface area contributed by atoms with Crippen LogP contribution in [-0.4, -0.2) is 23.8 Å². The summed E-state index contributed by atoms with van der Waals surface area (Å²) in [4.78, 5) is 4.68. The number of hydrogen-bond donors (Lipinski definition) is 1. The average molecular weight is 281 g/mol. The lowest BCUT2D eigenvalue weighted by Crippen LogP contribution is -2.37. The lowest BCUT2D eigenvalue weighted by Gasteiger charge is -2.32. The van der Waals surface area contributed by atoms with Gasteiger partial charge in [-0.05, 0) is 25.7 Å². The molecule has 114 valence electrons. The van der Waals surface area contributed by atoms with E-state index in [-0.39, 0.29) is 5.41 Å². The summed E-state index contributed by atoms with van der Waals surface area (Å²) in [6.07, 6.45) is 7.39. The maximum absolute atomic E-state index is 6.03. The van der Waals surface area contributed by atoms with Gasteiger partial charge in [-0.3, -0.25) is 0 Å². The Bertz CT molecular complexity index is 412. The highest BCUT2D eigenvalue weighted by molar-refractivity contribution is 5.11. The van der Waals surface area contributed by atoms with Crippen molar-refractivity contribution in [2.24, 2.45) is 5.73 Å². The van der Waals surface area contributed by atoms with E-state index in [9.17, 15) is 0 Å². The Hall–Kier alpha value is -0.940. The Kier molecular flexibility index (Phi) is 4.81. The van der Waals surface area contributed by atoms with Gasteiger partial charge in [0.25, 0.3) is 0 Å². The van der Waals surface area contributed by atoms with Gasteiger partial charge >= 0.3 is 0 Å². The molecule has 5 heteroatoms. The van der Waals surface area contributed by atoms with Crippen LogP contribution in [0.1, 0.15) is 70.5 Å². The number of nitrogens with two attached hydrogens (primary N) is 1. The normalized spacial score (nSPS) is 19.2. The minimum atomic E-state index is -0.438.